The third-order valence-electron chi connectivity index (χ3n) is 3.97. The number of hydrogen-bond acceptors (Lipinski definition) is 5. The molecule has 2 aromatic rings. The molecule has 0 amide bonds. The first-order valence-electron chi connectivity index (χ1n) is 7.52. The molecule has 1 aliphatic rings. The van der Waals surface area contributed by atoms with Gasteiger partial charge in [-0.3, -0.25) is 0 Å². The number of ether oxygens (including phenoxy) is 1. The van der Waals surface area contributed by atoms with Gasteiger partial charge in [-0.2, -0.15) is 0 Å². The maximum atomic E-state index is 9.88. The molecule has 3 rings (SSSR count). The first-order valence-corrected chi connectivity index (χ1v) is 7.52. The highest BCUT2D eigenvalue weighted by molar-refractivity contribution is 5.77. The van der Waals surface area contributed by atoms with Crippen molar-refractivity contribution in [2.75, 3.05) is 30.5 Å². The Balaban J connectivity index is 1.87. The predicted molar refractivity (Wildman–Crippen MR) is 88.4 cm³/mol. The van der Waals surface area contributed by atoms with Crippen LogP contribution < -0.4 is 15.0 Å². The highest BCUT2D eigenvalue weighted by Gasteiger charge is 2.22. The molecular formula is C17H21N3O2. The summed E-state index contributed by atoms with van der Waals surface area (Å²) in [6, 6.07) is 10.1. The van der Waals surface area contributed by atoms with Gasteiger partial charge in [-0.15, -0.1) is 0 Å². The molecule has 1 atom stereocenters. The molecule has 5 nitrogen and oxygen atoms in total. The van der Waals surface area contributed by atoms with Crippen LogP contribution in [0.2, 0.25) is 0 Å². The van der Waals surface area contributed by atoms with Crippen molar-refractivity contribution < 1.29 is 9.84 Å². The number of β-amino-alcohol motifs (C(OH)–C–C–N with tert-alkyl or cyclic N) is 1. The summed E-state index contributed by atoms with van der Waals surface area (Å²) in [5.41, 5.74) is 3.20. The normalized spacial score (nSPS) is 14.4. The number of aliphatic hydroxyl groups excluding tert-OH is 1. The van der Waals surface area contributed by atoms with Crippen LogP contribution in [0.3, 0.4) is 0 Å². The first-order chi connectivity index (χ1) is 10.7. The van der Waals surface area contributed by atoms with Crippen LogP contribution in [-0.4, -0.2) is 36.5 Å². The topological polar surface area (TPSA) is 57.6 Å². The zero-order chi connectivity index (χ0) is 15.5. The van der Waals surface area contributed by atoms with Gasteiger partial charge in [0.15, 0.2) is 5.82 Å². The Morgan fingerprint density at radius 1 is 1.32 bits per heavy atom. The van der Waals surface area contributed by atoms with E-state index in [-0.39, 0.29) is 6.10 Å². The molecule has 2 heterocycles. The van der Waals surface area contributed by atoms with Gasteiger partial charge in [0.2, 0.25) is 0 Å². The van der Waals surface area contributed by atoms with Crippen LogP contribution in [0.5, 0.6) is 5.75 Å². The van der Waals surface area contributed by atoms with E-state index in [1.54, 1.807) is 7.11 Å². The Kier molecular flexibility index (Phi) is 4.15. The smallest absolute Gasteiger partial charge is 0.151 e. The molecule has 0 bridgehead atoms. The molecule has 116 valence electrons. The molecule has 0 saturated heterocycles. The van der Waals surface area contributed by atoms with Gasteiger partial charge < -0.3 is 20.1 Å². The second-order valence-corrected chi connectivity index (χ2v) is 5.44. The van der Waals surface area contributed by atoms with Crippen molar-refractivity contribution in [2.45, 2.75) is 19.4 Å². The van der Waals surface area contributed by atoms with Crippen molar-refractivity contribution in [2.24, 2.45) is 0 Å². The molecule has 1 aromatic carbocycles. The van der Waals surface area contributed by atoms with Gasteiger partial charge in [0.25, 0.3) is 0 Å². The molecule has 0 fully saturated rings. The highest BCUT2D eigenvalue weighted by Crippen LogP contribution is 2.33. The fourth-order valence-corrected chi connectivity index (χ4v) is 2.57. The molecule has 1 aromatic heterocycles. The Hall–Kier alpha value is -2.27. The van der Waals surface area contributed by atoms with Gasteiger partial charge in [0.1, 0.15) is 5.75 Å². The van der Waals surface area contributed by atoms with Gasteiger partial charge in [-0.05, 0) is 30.2 Å². The monoisotopic (exact) mass is 299 g/mol. The van der Waals surface area contributed by atoms with Crippen LogP contribution in [0.1, 0.15) is 13.3 Å². The van der Waals surface area contributed by atoms with Crippen LogP contribution in [0.4, 0.5) is 11.5 Å². The minimum Gasteiger partial charge on any atom is -0.497 e. The van der Waals surface area contributed by atoms with Gasteiger partial charge in [-0.25, -0.2) is 4.98 Å². The highest BCUT2D eigenvalue weighted by atomic mass is 16.5. The van der Waals surface area contributed by atoms with E-state index in [0.717, 1.165) is 34.8 Å². The number of aliphatic hydroxyl groups is 1. The molecule has 22 heavy (non-hydrogen) atoms. The first kappa shape index (κ1) is 14.7. The number of methoxy groups -OCH3 is 1. The molecule has 0 aliphatic carbocycles. The van der Waals surface area contributed by atoms with E-state index in [1.807, 2.05) is 37.4 Å². The number of nitrogens with one attached hydrogen (secondary N) is 1. The van der Waals surface area contributed by atoms with Crippen LogP contribution >= 0.6 is 0 Å². The lowest BCUT2D eigenvalue weighted by Gasteiger charge is -2.21. The second kappa shape index (κ2) is 6.23. The van der Waals surface area contributed by atoms with Gasteiger partial charge in [-0.1, -0.05) is 19.1 Å². The SMILES string of the molecule is CC[C@H](O)CN1CNc2ncc(-c3ccc(OC)cc3)cc21. The zero-order valence-corrected chi connectivity index (χ0v) is 12.9. The van der Waals surface area contributed by atoms with Crippen LogP contribution in [-0.2, 0) is 0 Å². The molecular weight excluding hydrogens is 278 g/mol. The lowest BCUT2D eigenvalue weighted by molar-refractivity contribution is 0.176. The third kappa shape index (κ3) is 2.85. The number of benzene rings is 1. The summed E-state index contributed by atoms with van der Waals surface area (Å²) in [5.74, 6) is 1.72. The largest absolute Gasteiger partial charge is 0.497 e. The summed E-state index contributed by atoms with van der Waals surface area (Å²) in [7, 11) is 1.66. The van der Waals surface area contributed by atoms with E-state index < -0.39 is 0 Å². The maximum Gasteiger partial charge on any atom is 0.151 e. The fraction of sp³-hybridized carbons (Fsp3) is 0.353. The average Bonchev–Trinajstić information content (AvgIpc) is 2.97. The fourth-order valence-electron chi connectivity index (χ4n) is 2.57. The van der Waals surface area contributed by atoms with Crippen molar-refractivity contribution in [3.63, 3.8) is 0 Å². The Morgan fingerprint density at radius 3 is 2.77 bits per heavy atom. The van der Waals surface area contributed by atoms with E-state index in [1.165, 1.54) is 0 Å². The van der Waals surface area contributed by atoms with Crippen molar-refractivity contribution in [3.05, 3.63) is 36.5 Å². The van der Waals surface area contributed by atoms with Crippen LogP contribution in [0, 0.1) is 0 Å². The molecule has 0 saturated carbocycles. The van der Waals surface area contributed by atoms with Gasteiger partial charge >= 0.3 is 0 Å². The quantitative estimate of drug-likeness (QED) is 0.889. The third-order valence-corrected chi connectivity index (χ3v) is 3.97. The molecule has 0 radical (unpaired) electrons. The van der Waals surface area contributed by atoms with Crippen molar-refractivity contribution >= 4 is 11.5 Å². The summed E-state index contributed by atoms with van der Waals surface area (Å²) < 4.78 is 5.19. The van der Waals surface area contributed by atoms with Crippen LogP contribution in [0.25, 0.3) is 11.1 Å². The van der Waals surface area contributed by atoms with E-state index in [4.69, 9.17) is 4.74 Å². The maximum absolute atomic E-state index is 9.88. The van der Waals surface area contributed by atoms with Gasteiger partial charge in [0, 0.05) is 18.3 Å². The second-order valence-electron chi connectivity index (χ2n) is 5.44. The molecule has 2 N–H and O–H groups in total. The van der Waals surface area contributed by atoms with E-state index in [0.29, 0.717) is 13.2 Å². The molecule has 0 unspecified atom stereocenters. The van der Waals surface area contributed by atoms with Crippen LogP contribution in [0.15, 0.2) is 36.5 Å². The summed E-state index contributed by atoms with van der Waals surface area (Å²) in [6.45, 7) is 3.29. The number of anilines is 2. The summed E-state index contributed by atoms with van der Waals surface area (Å²) in [5, 5.41) is 13.1. The molecule has 5 heteroatoms. The predicted octanol–water partition coefficient (Wildman–Crippen LogP) is 2.72. The number of pyridine rings is 1. The summed E-state index contributed by atoms with van der Waals surface area (Å²) in [4.78, 5) is 6.62. The number of fused-ring (bicyclic) bond motifs is 1. The number of hydrogen-bond donors (Lipinski definition) is 2. The standard InChI is InChI=1S/C17H21N3O2/c1-3-14(21)10-20-11-19-17-16(20)8-13(9-18-17)12-4-6-15(22-2)7-5-12/h4-9,14,21H,3,10-11H2,1-2H3,(H,18,19)/t14-/m0/s1. The number of rotatable bonds is 5. The number of nitrogens with zero attached hydrogens (tertiary/aromatic N) is 2. The summed E-state index contributed by atoms with van der Waals surface area (Å²) in [6.07, 6.45) is 2.29. The zero-order valence-electron chi connectivity index (χ0n) is 12.9. The van der Waals surface area contributed by atoms with Crippen molar-refractivity contribution in [3.8, 4) is 16.9 Å². The van der Waals surface area contributed by atoms with E-state index in [9.17, 15) is 5.11 Å². The minimum absolute atomic E-state index is 0.322. The lowest BCUT2D eigenvalue weighted by atomic mass is 10.1. The number of aromatic nitrogens is 1. The van der Waals surface area contributed by atoms with Gasteiger partial charge in [0.05, 0.1) is 25.6 Å². The molecule has 0 spiro atoms. The Morgan fingerprint density at radius 2 is 2.09 bits per heavy atom. The van der Waals surface area contributed by atoms with Crippen molar-refractivity contribution in [1.29, 1.82) is 0 Å². The van der Waals surface area contributed by atoms with E-state index >= 15 is 0 Å². The Labute approximate surface area is 130 Å². The lowest BCUT2D eigenvalue weighted by Crippen LogP contribution is -2.31. The average molecular weight is 299 g/mol. The van der Waals surface area contributed by atoms with E-state index in [2.05, 4.69) is 21.3 Å². The molecule has 1 aliphatic heterocycles. The summed E-state index contributed by atoms with van der Waals surface area (Å²) >= 11 is 0. The van der Waals surface area contributed by atoms with Crippen molar-refractivity contribution in [1.82, 2.24) is 4.98 Å². The Bertz CT molecular complexity index is 643. The minimum atomic E-state index is -0.322.